The van der Waals surface area contributed by atoms with E-state index in [1.54, 1.807) is 32.1 Å². The highest BCUT2D eigenvalue weighted by Gasteiger charge is 2.47. The highest BCUT2D eigenvalue weighted by Crippen LogP contribution is 2.43. The van der Waals surface area contributed by atoms with Crippen LogP contribution in [0.1, 0.15) is 191 Å². The predicted octanol–water partition coefficient (Wildman–Crippen LogP) is 15.8. The first-order chi connectivity index (χ1) is 38.6. The second-order valence-electron chi connectivity index (χ2n) is 28.2. The number of aliphatic hydroxyl groups excluding tert-OH is 3. The average molecular weight is 1240 g/mol. The number of ether oxygens (including phenoxy) is 2. The Bertz CT molecular complexity index is 2710. The number of carbonyl (C=O) groups is 4. The van der Waals surface area contributed by atoms with Crippen molar-refractivity contribution in [3.05, 3.63) is 90.9 Å². The fourth-order valence-corrected chi connectivity index (χ4v) is 13.2. The Morgan fingerprint density at radius 1 is 0.679 bits per heavy atom. The van der Waals surface area contributed by atoms with Crippen molar-refractivity contribution in [3.8, 4) is 0 Å². The smallest absolute Gasteiger partial charge is 0.309 e. The summed E-state index contributed by atoms with van der Waals surface area (Å²) in [6, 6.07) is 0. The number of ketones is 2. The van der Waals surface area contributed by atoms with Gasteiger partial charge < -0.3 is 33.6 Å². The second kappa shape index (κ2) is 31.4. The summed E-state index contributed by atoms with van der Waals surface area (Å²) in [5.74, 6) is -2.52. The number of rotatable bonds is 10. The molecule has 2 aromatic heterocycles. The Hall–Kier alpha value is -3.79. The van der Waals surface area contributed by atoms with Crippen LogP contribution in [0.5, 0.6) is 0 Å². The van der Waals surface area contributed by atoms with Crippen molar-refractivity contribution < 1.29 is 52.8 Å². The molecule has 3 N–H and O–H groups in total. The second-order valence-corrected chi connectivity index (χ2v) is 39.7. The number of aromatic nitrogens is 2. The third-order valence-corrected chi connectivity index (χ3v) is 29.0. The van der Waals surface area contributed by atoms with Crippen LogP contribution < -0.4 is 0 Å². The SMILES string of the molecule is C/C1=C/C[C@@H](/C(C)=C/c2csc(CO)n2)OC(=O)C[C@H](O)C(C)(C)C(=O)[C@H](C)[C@@H](O)[C@@H](C)/C=C/C1.C/C1=C/C[C@@H](/C(C)=C/c2csc(CO[Si](C)(C)C(C)(C)C)n2)OC(=O)C[C@H](C)C(C)(C)C(=O)[C@H](C)[C@@H](O[Si](C)(C)C(C)(C)C)[C@@H](C)/C=C/C1. The fourth-order valence-electron chi connectivity index (χ4n) is 9.48. The highest BCUT2D eigenvalue weighted by atomic mass is 32.1. The van der Waals surface area contributed by atoms with Gasteiger partial charge in [-0.2, -0.15) is 0 Å². The van der Waals surface area contributed by atoms with Gasteiger partial charge in [-0.3, -0.25) is 19.2 Å². The summed E-state index contributed by atoms with van der Waals surface area (Å²) in [6.45, 7) is 47.6. The minimum absolute atomic E-state index is 0.0182. The van der Waals surface area contributed by atoms with E-state index in [-0.39, 0.29) is 76.8 Å². The molecule has 0 bridgehead atoms. The first-order valence-corrected chi connectivity index (χ1v) is 37.8. The monoisotopic (exact) mass is 1240 g/mol. The molecule has 472 valence electrons. The van der Waals surface area contributed by atoms with E-state index in [1.165, 1.54) is 16.9 Å². The molecule has 0 spiro atoms. The first kappa shape index (κ1) is 74.5. The molecule has 0 unspecified atom stereocenters. The maximum atomic E-state index is 14.3. The van der Waals surface area contributed by atoms with Crippen molar-refractivity contribution in [2.24, 2.45) is 40.4 Å². The van der Waals surface area contributed by atoms with Gasteiger partial charge in [-0.15, -0.1) is 22.7 Å². The molecule has 2 aromatic rings. The summed E-state index contributed by atoms with van der Waals surface area (Å²) in [4.78, 5) is 63.0. The Morgan fingerprint density at radius 3 is 1.58 bits per heavy atom. The van der Waals surface area contributed by atoms with E-state index in [9.17, 15) is 34.5 Å². The van der Waals surface area contributed by atoms with Crippen LogP contribution in [0, 0.1) is 40.4 Å². The number of thiazole rings is 2. The molecule has 0 aromatic carbocycles. The van der Waals surface area contributed by atoms with Gasteiger partial charge in [0.2, 0.25) is 0 Å². The van der Waals surface area contributed by atoms with Gasteiger partial charge in [0.15, 0.2) is 16.6 Å². The lowest BCUT2D eigenvalue weighted by Crippen LogP contribution is -2.50. The molecular weight excluding hydrogens is 1130 g/mol. The summed E-state index contributed by atoms with van der Waals surface area (Å²) >= 11 is 2.95. The van der Waals surface area contributed by atoms with Crippen LogP contribution in [0.25, 0.3) is 12.2 Å². The summed E-state index contributed by atoms with van der Waals surface area (Å²) in [7, 11) is -4.05. The average Bonchev–Trinajstić information content (AvgIpc) is 4.06. The Labute approximate surface area is 516 Å². The number of cyclic esters (lactones) is 2. The molecule has 10 atom stereocenters. The van der Waals surface area contributed by atoms with Crippen LogP contribution in [0.3, 0.4) is 0 Å². The normalized spacial score (nSPS) is 29.5. The number of Topliss-reactive ketones (excluding diaryl/α,β-unsaturated/α-hetero) is 2. The van der Waals surface area contributed by atoms with Gasteiger partial charge in [0, 0.05) is 53.2 Å². The lowest BCUT2D eigenvalue weighted by molar-refractivity contribution is -0.154. The van der Waals surface area contributed by atoms with Gasteiger partial charge in [-0.25, -0.2) is 9.97 Å². The molecule has 0 radical (unpaired) electrons. The molecule has 2 aliphatic rings. The zero-order valence-electron chi connectivity index (χ0n) is 55.5. The van der Waals surface area contributed by atoms with Crippen LogP contribution in [0.15, 0.2) is 69.5 Å². The number of carbonyl (C=O) groups excluding carboxylic acids is 4. The van der Waals surface area contributed by atoms with Crippen LogP contribution in [0.4, 0.5) is 0 Å². The molecule has 0 saturated heterocycles. The Kier molecular flexibility index (Phi) is 27.8. The molecule has 84 heavy (non-hydrogen) atoms. The van der Waals surface area contributed by atoms with E-state index in [4.69, 9.17) is 23.3 Å². The summed E-state index contributed by atoms with van der Waals surface area (Å²) < 4.78 is 25.4. The third-order valence-electron chi connectivity index (χ3n) is 18.4. The summed E-state index contributed by atoms with van der Waals surface area (Å²) in [6.07, 6.45) is 15.2. The van der Waals surface area contributed by atoms with Crippen molar-refractivity contribution >= 4 is 75.0 Å². The van der Waals surface area contributed by atoms with Gasteiger partial charge in [-0.05, 0) is 112 Å². The van der Waals surface area contributed by atoms with Crippen molar-refractivity contribution in [1.29, 1.82) is 0 Å². The van der Waals surface area contributed by atoms with Gasteiger partial charge >= 0.3 is 11.9 Å². The number of aliphatic hydroxyl groups is 3. The van der Waals surface area contributed by atoms with E-state index in [0.29, 0.717) is 36.6 Å². The standard InChI is InChI=1S/C40H69NO5SSi2.C27H39NO6S/c1-27-19-18-20-28(2)36(46-49(16,17)39(9,10)11)31(5)37(43)40(12,13)30(4)24-35(42)45-33(22-21-27)29(3)23-32-26-47-34(41-32)25-44-48(14,15)38(6,7)8;1-16-8-7-9-17(2)25(32)19(4)26(33)27(5,6)22(30)13-24(31)34-21(11-10-16)18(3)12-20-15-35-23(14-29)28-20/h18,20-21,23,26,28,30-31,33,36H,19,22,24-25H2,1-17H3;7,9-10,12,15,17,19,21-22,25,29-30,32H,8,11,13-14H2,1-6H3/b20-18+,27-21-,29-23+;9-7+,16-10-,18-12+/t28-,30-,31+,33-,36-;17-,19+,21-,22-,25-/m00/s1. The number of hydrogen-bond donors (Lipinski definition) is 3. The molecule has 4 heterocycles. The van der Waals surface area contributed by atoms with Gasteiger partial charge in [0.05, 0.1) is 54.7 Å². The number of nitrogens with zero attached hydrogens (tertiary/aromatic N) is 2. The number of esters is 2. The first-order valence-electron chi connectivity index (χ1n) is 30.2. The third kappa shape index (κ3) is 21.5. The van der Waals surface area contributed by atoms with Crippen molar-refractivity contribution in [2.45, 2.75) is 250 Å². The van der Waals surface area contributed by atoms with E-state index < -0.39 is 63.8 Å². The maximum absolute atomic E-state index is 14.3. The molecule has 0 amide bonds. The van der Waals surface area contributed by atoms with Crippen LogP contribution >= 0.6 is 22.7 Å². The van der Waals surface area contributed by atoms with E-state index in [1.807, 2.05) is 96.5 Å². The van der Waals surface area contributed by atoms with E-state index in [2.05, 4.69) is 105 Å². The molecule has 2 aliphatic heterocycles. The number of allylic oxidation sites excluding steroid dienone is 4. The topological polar surface area (TPSA) is 192 Å². The predicted molar refractivity (Wildman–Crippen MR) is 350 cm³/mol. The molecule has 4 rings (SSSR count). The molecular formula is C67H108N2O11S2Si2. The van der Waals surface area contributed by atoms with Crippen molar-refractivity contribution in [3.63, 3.8) is 0 Å². The largest absolute Gasteiger partial charge is 0.457 e. The molecule has 0 saturated carbocycles. The van der Waals surface area contributed by atoms with E-state index >= 15 is 0 Å². The van der Waals surface area contributed by atoms with Crippen LogP contribution in [-0.4, -0.2) is 95.9 Å². The highest BCUT2D eigenvalue weighted by molar-refractivity contribution is 7.10. The van der Waals surface area contributed by atoms with Crippen LogP contribution in [-0.2, 0) is 50.7 Å². The lowest BCUT2D eigenvalue weighted by Gasteiger charge is -2.43. The van der Waals surface area contributed by atoms with Gasteiger partial charge in [0.1, 0.15) is 33.8 Å². The Morgan fingerprint density at radius 2 is 1.12 bits per heavy atom. The molecule has 0 fully saturated rings. The van der Waals surface area contributed by atoms with Crippen LogP contribution in [0.2, 0.25) is 36.3 Å². The van der Waals surface area contributed by atoms with Gasteiger partial charge in [-0.1, -0.05) is 151 Å². The maximum Gasteiger partial charge on any atom is 0.309 e. The zero-order chi connectivity index (χ0) is 64.1. The molecule has 17 heteroatoms. The molecule has 13 nitrogen and oxygen atoms in total. The Balaban J connectivity index is 0.000000465. The zero-order valence-corrected chi connectivity index (χ0v) is 59.2. The summed E-state index contributed by atoms with van der Waals surface area (Å²) in [5, 5.41) is 36.4. The van der Waals surface area contributed by atoms with Crippen molar-refractivity contribution in [1.82, 2.24) is 9.97 Å². The number of hydrogen-bond acceptors (Lipinski definition) is 15. The van der Waals surface area contributed by atoms with Crippen molar-refractivity contribution in [2.75, 3.05) is 0 Å². The quantitative estimate of drug-likeness (QED) is 0.116. The minimum atomic E-state index is -2.17. The minimum Gasteiger partial charge on any atom is -0.457 e. The van der Waals surface area contributed by atoms with Gasteiger partial charge in [0.25, 0.3) is 0 Å². The summed E-state index contributed by atoms with van der Waals surface area (Å²) in [5.41, 5.74) is 3.54. The van der Waals surface area contributed by atoms with E-state index in [0.717, 1.165) is 33.8 Å². The molecule has 0 aliphatic carbocycles. The fraction of sp³-hybridized carbons (Fsp3) is 0.672. The lowest BCUT2D eigenvalue weighted by atomic mass is 9.69.